The molecule has 1 rings (SSSR count). The zero-order valence-corrected chi connectivity index (χ0v) is 11.5. The molecule has 0 aromatic heterocycles. The van der Waals surface area contributed by atoms with E-state index in [1.54, 1.807) is 0 Å². The van der Waals surface area contributed by atoms with Crippen molar-refractivity contribution >= 4 is 0 Å². The molecule has 1 aliphatic carbocycles. The highest BCUT2D eigenvalue weighted by Crippen LogP contribution is 2.28. The quantitative estimate of drug-likeness (QED) is 0.754. The second-order valence-electron chi connectivity index (χ2n) is 5.96. The lowest BCUT2D eigenvalue weighted by Crippen LogP contribution is -2.45. The van der Waals surface area contributed by atoms with Crippen LogP contribution in [0.1, 0.15) is 59.3 Å². The smallest absolute Gasteiger partial charge is 0.0166 e. The maximum absolute atomic E-state index is 6.47. The third kappa shape index (κ3) is 4.84. The van der Waals surface area contributed by atoms with Crippen LogP contribution in [0, 0.1) is 5.92 Å². The predicted octanol–water partition coefficient (Wildman–Crippen LogP) is 3.02. The predicted molar refractivity (Wildman–Crippen MR) is 71.6 cm³/mol. The van der Waals surface area contributed by atoms with E-state index in [2.05, 4.69) is 25.7 Å². The third-order valence-electron chi connectivity index (χ3n) is 3.85. The molecular formula is C14H30N2. The van der Waals surface area contributed by atoms with E-state index in [0.29, 0.717) is 0 Å². The zero-order chi connectivity index (χ0) is 12.0. The molecule has 0 unspecified atom stereocenters. The number of nitrogens with two attached hydrogens (primary N) is 1. The van der Waals surface area contributed by atoms with Crippen LogP contribution in [0.5, 0.6) is 0 Å². The van der Waals surface area contributed by atoms with Crippen molar-refractivity contribution in [3.63, 3.8) is 0 Å². The Morgan fingerprint density at radius 1 is 1.19 bits per heavy atom. The molecule has 1 aliphatic rings. The van der Waals surface area contributed by atoms with Gasteiger partial charge in [0.1, 0.15) is 0 Å². The second kappa shape index (κ2) is 6.61. The van der Waals surface area contributed by atoms with Crippen molar-refractivity contribution in [1.29, 1.82) is 0 Å². The molecule has 0 heterocycles. The van der Waals surface area contributed by atoms with Gasteiger partial charge in [-0.1, -0.05) is 40.0 Å². The molecule has 0 bridgehead atoms. The van der Waals surface area contributed by atoms with E-state index in [4.69, 9.17) is 5.73 Å². The van der Waals surface area contributed by atoms with E-state index in [-0.39, 0.29) is 5.54 Å². The van der Waals surface area contributed by atoms with E-state index in [0.717, 1.165) is 12.5 Å². The lowest BCUT2D eigenvalue weighted by Gasteiger charge is -2.35. The highest BCUT2D eigenvalue weighted by Gasteiger charge is 2.27. The Balaban J connectivity index is 2.30. The lowest BCUT2D eigenvalue weighted by atomic mass is 9.80. The van der Waals surface area contributed by atoms with Crippen LogP contribution in [0.3, 0.4) is 0 Å². The zero-order valence-electron chi connectivity index (χ0n) is 11.5. The molecule has 16 heavy (non-hydrogen) atoms. The monoisotopic (exact) mass is 226 g/mol. The molecule has 2 N–H and O–H groups in total. The molecular weight excluding hydrogens is 196 g/mol. The lowest BCUT2D eigenvalue weighted by molar-refractivity contribution is 0.200. The number of hydrogen-bond acceptors (Lipinski definition) is 2. The van der Waals surface area contributed by atoms with Crippen LogP contribution in [0.4, 0.5) is 0 Å². The topological polar surface area (TPSA) is 29.3 Å². The van der Waals surface area contributed by atoms with Gasteiger partial charge >= 0.3 is 0 Å². The summed E-state index contributed by atoms with van der Waals surface area (Å²) in [6.07, 6.45) is 7.74. The van der Waals surface area contributed by atoms with Crippen molar-refractivity contribution in [3.8, 4) is 0 Å². The number of hydrogen-bond donors (Lipinski definition) is 1. The standard InChI is InChI=1S/C14H30N2/c1-4-16(12-13(2)3)11-10-14(15)8-6-5-7-9-14/h13H,4-12,15H2,1-3H3. The molecule has 0 atom stereocenters. The van der Waals surface area contributed by atoms with Crippen molar-refractivity contribution in [2.75, 3.05) is 19.6 Å². The summed E-state index contributed by atoms with van der Waals surface area (Å²) in [5, 5.41) is 0. The molecule has 0 radical (unpaired) electrons. The maximum Gasteiger partial charge on any atom is 0.0166 e. The van der Waals surface area contributed by atoms with E-state index < -0.39 is 0 Å². The van der Waals surface area contributed by atoms with Gasteiger partial charge in [0.15, 0.2) is 0 Å². The van der Waals surface area contributed by atoms with E-state index in [1.165, 1.54) is 51.6 Å². The molecule has 2 heteroatoms. The van der Waals surface area contributed by atoms with Crippen LogP contribution in [0.2, 0.25) is 0 Å². The Labute approximate surface area is 102 Å². The summed E-state index contributed by atoms with van der Waals surface area (Å²) in [5.74, 6) is 0.764. The largest absolute Gasteiger partial charge is 0.325 e. The fraction of sp³-hybridized carbons (Fsp3) is 1.00. The number of nitrogens with zero attached hydrogens (tertiary/aromatic N) is 1. The van der Waals surface area contributed by atoms with Crippen molar-refractivity contribution in [2.24, 2.45) is 11.7 Å². The van der Waals surface area contributed by atoms with Gasteiger partial charge in [-0.05, 0) is 38.3 Å². The summed E-state index contributed by atoms with van der Waals surface area (Å²) in [6.45, 7) is 10.4. The average molecular weight is 226 g/mol. The molecule has 0 aromatic rings. The molecule has 96 valence electrons. The molecule has 0 spiro atoms. The molecule has 0 saturated heterocycles. The first kappa shape index (κ1) is 14.0. The minimum Gasteiger partial charge on any atom is -0.325 e. The first-order valence-electron chi connectivity index (χ1n) is 7.07. The maximum atomic E-state index is 6.47. The van der Waals surface area contributed by atoms with Crippen molar-refractivity contribution < 1.29 is 0 Å². The van der Waals surface area contributed by atoms with Gasteiger partial charge in [0.25, 0.3) is 0 Å². The van der Waals surface area contributed by atoms with Gasteiger partial charge < -0.3 is 10.6 Å². The van der Waals surface area contributed by atoms with Crippen LogP contribution >= 0.6 is 0 Å². The van der Waals surface area contributed by atoms with Crippen molar-refractivity contribution in [1.82, 2.24) is 4.90 Å². The van der Waals surface area contributed by atoms with Crippen molar-refractivity contribution in [2.45, 2.75) is 64.8 Å². The minimum atomic E-state index is 0.155. The Bertz CT molecular complexity index is 183. The fourth-order valence-corrected chi connectivity index (χ4v) is 2.78. The molecule has 0 aromatic carbocycles. The van der Waals surface area contributed by atoms with Gasteiger partial charge in [-0.15, -0.1) is 0 Å². The van der Waals surface area contributed by atoms with Crippen LogP contribution in [0.25, 0.3) is 0 Å². The molecule has 0 aliphatic heterocycles. The van der Waals surface area contributed by atoms with Crippen LogP contribution in [0.15, 0.2) is 0 Å². The summed E-state index contributed by atoms with van der Waals surface area (Å²) >= 11 is 0. The Kier molecular flexibility index (Phi) is 5.77. The summed E-state index contributed by atoms with van der Waals surface area (Å²) in [6, 6.07) is 0. The fourth-order valence-electron chi connectivity index (χ4n) is 2.78. The average Bonchev–Trinajstić information content (AvgIpc) is 2.25. The second-order valence-corrected chi connectivity index (χ2v) is 5.96. The van der Waals surface area contributed by atoms with Gasteiger partial charge in [0, 0.05) is 12.1 Å². The van der Waals surface area contributed by atoms with Crippen LogP contribution in [-0.4, -0.2) is 30.1 Å². The Morgan fingerprint density at radius 3 is 2.31 bits per heavy atom. The van der Waals surface area contributed by atoms with Gasteiger partial charge in [-0.2, -0.15) is 0 Å². The van der Waals surface area contributed by atoms with Crippen LogP contribution < -0.4 is 5.73 Å². The Morgan fingerprint density at radius 2 is 1.81 bits per heavy atom. The van der Waals surface area contributed by atoms with E-state index >= 15 is 0 Å². The minimum absolute atomic E-state index is 0.155. The van der Waals surface area contributed by atoms with Gasteiger partial charge in [-0.25, -0.2) is 0 Å². The van der Waals surface area contributed by atoms with Gasteiger partial charge in [0.05, 0.1) is 0 Å². The number of rotatable bonds is 6. The van der Waals surface area contributed by atoms with Gasteiger partial charge in [-0.3, -0.25) is 0 Å². The highest BCUT2D eigenvalue weighted by molar-refractivity contribution is 4.87. The molecule has 1 fully saturated rings. The normalized spacial score (nSPS) is 20.6. The third-order valence-corrected chi connectivity index (χ3v) is 3.85. The van der Waals surface area contributed by atoms with Gasteiger partial charge in [0.2, 0.25) is 0 Å². The molecule has 0 amide bonds. The summed E-state index contributed by atoms with van der Waals surface area (Å²) in [7, 11) is 0. The summed E-state index contributed by atoms with van der Waals surface area (Å²) in [5.41, 5.74) is 6.62. The first-order valence-corrected chi connectivity index (χ1v) is 7.07. The molecule has 2 nitrogen and oxygen atoms in total. The molecule has 1 saturated carbocycles. The Hall–Kier alpha value is -0.0800. The van der Waals surface area contributed by atoms with E-state index in [1.807, 2.05) is 0 Å². The van der Waals surface area contributed by atoms with Crippen molar-refractivity contribution in [3.05, 3.63) is 0 Å². The first-order chi connectivity index (χ1) is 7.56. The van der Waals surface area contributed by atoms with E-state index in [9.17, 15) is 0 Å². The highest BCUT2D eigenvalue weighted by atomic mass is 15.1. The summed E-state index contributed by atoms with van der Waals surface area (Å²) < 4.78 is 0. The SMILES string of the molecule is CCN(CCC1(N)CCCCC1)CC(C)C. The van der Waals surface area contributed by atoms with Crippen LogP contribution in [-0.2, 0) is 0 Å². The summed E-state index contributed by atoms with van der Waals surface area (Å²) in [4.78, 5) is 2.55.